The number of nitriles is 1. The fourth-order valence-electron chi connectivity index (χ4n) is 1.85. The van der Waals surface area contributed by atoms with Gasteiger partial charge in [-0.3, -0.25) is 4.79 Å². The Hall–Kier alpha value is -2.28. The van der Waals surface area contributed by atoms with Crippen molar-refractivity contribution in [3.63, 3.8) is 0 Å². The summed E-state index contributed by atoms with van der Waals surface area (Å²) in [7, 11) is 0. The molecule has 1 aromatic heterocycles. The Morgan fingerprint density at radius 2 is 2.28 bits per heavy atom. The smallest absolute Gasteiger partial charge is 0.267 e. The van der Waals surface area contributed by atoms with Crippen LogP contribution in [0.2, 0.25) is 0 Å². The summed E-state index contributed by atoms with van der Waals surface area (Å²) in [6.45, 7) is 3.82. The van der Waals surface area contributed by atoms with E-state index in [0.717, 1.165) is 16.5 Å². The van der Waals surface area contributed by atoms with Crippen LogP contribution in [0.25, 0.3) is 10.9 Å². The zero-order valence-corrected chi connectivity index (χ0v) is 10.4. The third kappa shape index (κ3) is 2.51. The number of hydrogen-bond donors (Lipinski definition) is 2. The lowest BCUT2D eigenvalue weighted by Gasteiger charge is -2.08. The average Bonchev–Trinajstić information content (AvgIpc) is 2.72. The van der Waals surface area contributed by atoms with Crippen LogP contribution in [-0.2, 0) is 0 Å². The van der Waals surface area contributed by atoms with Crippen LogP contribution in [0.4, 0.5) is 0 Å². The molecule has 18 heavy (non-hydrogen) atoms. The molecule has 0 saturated carbocycles. The second-order valence-electron chi connectivity index (χ2n) is 4.51. The Balaban J connectivity index is 2.21. The first-order valence-electron chi connectivity index (χ1n) is 5.87. The maximum atomic E-state index is 11.9. The van der Waals surface area contributed by atoms with E-state index in [-0.39, 0.29) is 11.9 Å². The topological polar surface area (TPSA) is 68.7 Å². The number of aryl methyl sites for hydroxylation is 1. The number of rotatable bonds is 3. The predicted octanol–water partition coefficient (Wildman–Crippen LogP) is 2.51. The van der Waals surface area contributed by atoms with Crippen molar-refractivity contribution in [1.29, 1.82) is 5.26 Å². The molecule has 1 heterocycles. The summed E-state index contributed by atoms with van der Waals surface area (Å²) in [6.07, 6.45) is 0.311. The highest BCUT2D eigenvalue weighted by molar-refractivity contribution is 5.98. The number of fused-ring (bicyclic) bond motifs is 1. The van der Waals surface area contributed by atoms with Gasteiger partial charge in [-0.15, -0.1) is 0 Å². The normalized spacial score (nSPS) is 12.1. The molecule has 1 atom stereocenters. The minimum Gasteiger partial charge on any atom is -0.351 e. The van der Waals surface area contributed by atoms with Crippen LogP contribution >= 0.6 is 0 Å². The summed E-state index contributed by atoms with van der Waals surface area (Å²) in [5.41, 5.74) is 2.63. The Labute approximate surface area is 106 Å². The van der Waals surface area contributed by atoms with Gasteiger partial charge in [-0.25, -0.2) is 0 Å². The van der Waals surface area contributed by atoms with Gasteiger partial charge in [0, 0.05) is 16.9 Å². The molecule has 0 aliphatic heterocycles. The fourth-order valence-corrected chi connectivity index (χ4v) is 1.85. The summed E-state index contributed by atoms with van der Waals surface area (Å²) >= 11 is 0. The van der Waals surface area contributed by atoms with Crippen LogP contribution < -0.4 is 5.32 Å². The second-order valence-corrected chi connectivity index (χ2v) is 4.51. The van der Waals surface area contributed by atoms with E-state index >= 15 is 0 Å². The Morgan fingerprint density at radius 1 is 1.50 bits per heavy atom. The minimum absolute atomic E-state index is 0.143. The van der Waals surface area contributed by atoms with Gasteiger partial charge < -0.3 is 10.3 Å². The molecule has 0 aliphatic carbocycles. The second kappa shape index (κ2) is 4.92. The van der Waals surface area contributed by atoms with Crippen molar-refractivity contribution in [3.05, 3.63) is 35.5 Å². The molecule has 0 bridgehead atoms. The fraction of sp³-hybridized carbons (Fsp3) is 0.286. The molecule has 0 spiro atoms. The number of hydrogen-bond acceptors (Lipinski definition) is 2. The number of H-pyrrole nitrogens is 1. The van der Waals surface area contributed by atoms with E-state index in [2.05, 4.69) is 10.3 Å². The number of aromatic amines is 1. The summed E-state index contributed by atoms with van der Waals surface area (Å²) < 4.78 is 0. The molecule has 0 aliphatic rings. The lowest BCUT2D eigenvalue weighted by molar-refractivity contribution is 0.0936. The lowest BCUT2D eigenvalue weighted by atomic mass is 10.2. The van der Waals surface area contributed by atoms with Gasteiger partial charge in [0.15, 0.2) is 0 Å². The molecular weight excluding hydrogens is 226 g/mol. The molecule has 4 nitrogen and oxygen atoms in total. The van der Waals surface area contributed by atoms with E-state index in [1.54, 1.807) is 0 Å². The van der Waals surface area contributed by atoms with Crippen LogP contribution in [0, 0.1) is 18.3 Å². The van der Waals surface area contributed by atoms with Gasteiger partial charge >= 0.3 is 0 Å². The van der Waals surface area contributed by atoms with Gasteiger partial charge in [0.2, 0.25) is 0 Å². The molecule has 1 aromatic carbocycles. The zero-order valence-electron chi connectivity index (χ0n) is 10.4. The summed E-state index contributed by atoms with van der Waals surface area (Å²) in [5.74, 6) is -0.174. The molecule has 2 aromatic rings. The average molecular weight is 241 g/mol. The van der Waals surface area contributed by atoms with E-state index < -0.39 is 0 Å². The number of carbonyl (C=O) groups excluding carboxylic acids is 1. The lowest BCUT2D eigenvalue weighted by Crippen LogP contribution is -2.32. The van der Waals surface area contributed by atoms with Crippen LogP contribution in [0.1, 0.15) is 29.4 Å². The van der Waals surface area contributed by atoms with E-state index in [1.807, 2.05) is 44.2 Å². The molecule has 0 saturated heterocycles. The van der Waals surface area contributed by atoms with Gasteiger partial charge in [0.25, 0.3) is 5.91 Å². The molecule has 2 rings (SSSR count). The maximum Gasteiger partial charge on any atom is 0.267 e. The Morgan fingerprint density at radius 3 is 3.00 bits per heavy atom. The van der Waals surface area contributed by atoms with Crippen molar-refractivity contribution in [1.82, 2.24) is 10.3 Å². The van der Waals surface area contributed by atoms with Crippen molar-refractivity contribution in [2.75, 3.05) is 0 Å². The molecule has 4 heteroatoms. The SMILES string of the molecule is Cc1ccc2cc(C(=O)N[C@H](C)CC#N)[nH]c2c1. The minimum atomic E-state index is -0.174. The Kier molecular flexibility index (Phi) is 3.33. The maximum absolute atomic E-state index is 11.9. The summed E-state index contributed by atoms with van der Waals surface area (Å²) in [5, 5.41) is 12.3. The molecule has 1 amide bonds. The van der Waals surface area contributed by atoms with Crippen molar-refractivity contribution < 1.29 is 4.79 Å². The third-order valence-corrected chi connectivity index (χ3v) is 2.80. The van der Waals surface area contributed by atoms with Gasteiger partial charge in [-0.05, 0) is 31.5 Å². The number of amides is 1. The molecule has 0 unspecified atom stereocenters. The highest BCUT2D eigenvalue weighted by atomic mass is 16.1. The summed E-state index contributed by atoms with van der Waals surface area (Å²) in [4.78, 5) is 15.0. The van der Waals surface area contributed by atoms with Gasteiger partial charge in [-0.1, -0.05) is 12.1 Å². The number of aromatic nitrogens is 1. The number of benzene rings is 1. The molecule has 92 valence electrons. The predicted molar refractivity (Wildman–Crippen MR) is 70.2 cm³/mol. The van der Waals surface area contributed by atoms with Gasteiger partial charge in [-0.2, -0.15) is 5.26 Å². The first-order chi connectivity index (χ1) is 8.60. The third-order valence-electron chi connectivity index (χ3n) is 2.80. The highest BCUT2D eigenvalue weighted by Crippen LogP contribution is 2.16. The van der Waals surface area contributed by atoms with Crippen LogP contribution in [0.3, 0.4) is 0 Å². The first kappa shape index (κ1) is 12.2. The van der Waals surface area contributed by atoms with Gasteiger partial charge in [0.05, 0.1) is 12.5 Å². The number of nitrogens with one attached hydrogen (secondary N) is 2. The van der Waals surface area contributed by atoms with Crippen molar-refractivity contribution >= 4 is 16.8 Å². The van der Waals surface area contributed by atoms with Gasteiger partial charge in [0.1, 0.15) is 5.69 Å². The quantitative estimate of drug-likeness (QED) is 0.866. The van der Waals surface area contributed by atoms with Crippen LogP contribution in [-0.4, -0.2) is 16.9 Å². The van der Waals surface area contributed by atoms with E-state index in [4.69, 9.17) is 5.26 Å². The number of nitrogens with zero attached hydrogens (tertiary/aromatic N) is 1. The summed E-state index contributed by atoms with van der Waals surface area (Å²) in [6, 6.07) is 9.71. The Bertz CT molecular complexity index is 621. The van der Waals surface area contributed by atoms with Crippen molar-refractivity contribution in [2.24, 2.45) is 0 Å². The molecule has 2 N–H and O–H groups in total. The van der Waals surface area contributed by atoms with Crippen molar-refractivity contribution in [2.45, 2.75) is 26.3 Å². The number of carbonyl (C=O) groups is 1. The standard InChI is InChI=1S/C14H15N3O/c1-9-3-4-11-8-13(17-12(11)7-9)14(18)16-10(2)5-6-15/h3-4,7-8,10,17H,5H2,1-2H3,(H,16,18)/t10-/m1/s1. The molecule has 0 radical (unpaired) electrons. The zero-order chi connectivity index (χ0) is 13.1. The van der Waals surface area contributed by atoms with E-state index in [1.165, 1.54) is 0 Å². The van der Waals surface area contributed by atoms with Crippen LogP contribution in [0.5, 0.6) is 0 Å². The monoisotopic (exact) mass is 241 g/mol. The highest BCUT2D eigenvalue weighted by Gasteiger charge is 2.12. The molecular formula is C14H15N3O. The first-order valence-corrected chi connectivity index (χ1v) is 5.87. The van der Waals surface area contributed by atoms with E-state index in [9.17, 15) is 4.79 Å². The van der Waals surface area contributed by atoms with E-state index in [0.29, 0.717) is 12.1 Å². The largest absolute Gasteiger partial charge is 0.351 e. The molecule has 0 fully saturated rings. The van der Waals surface area contributed by atoms with Crippen LogP contribution in [0.15, 0.2) is 24.3 Å². The van der Waals surface area contributed by atoms with Crippen molar-refractivity contribution in [3.8, 4) is 6.07 Å².